The van der Waals surface area contributed by atoms with E-state index in [1.807, 2.05) is 36.4 Å². The van der Waals surface area contributed by atoms with Crippen LogP contribution in [-0.4, -0.2) is 10.8 Å². The molecular formula is C16H14N2O2. The van der Waals surface area contributed by atoms with Gasteiger partial charge in [-0.2, -0.15) is 5.26 Å². The molecule has 0 atom stereocenters. The number of nitrogens with zero attached hydrogens (tertiary/aromatic N) is 2. The summed E-state index contributed by atoms with van der Waals surface area (Å²) in [5, 5.41) is 8.77. The molecule has 0 aliphatic heterocycles. The van der Waals surface area contributed by atoms with E-state index in [-0.39, 0.29) is 5.78 Å². The van der Waals surface area contributed by atoms with Crippen molar-refractivity contribution < 1.29 is 9.53 Å². The molecule has 2 rings (SSSR count). The first kappa shape index (κ1) is 13.8. The van der Waals surface area contributed by atoms with Gasteiger partial charge in [0, 0.05) is 12.6 Å². The molecule has 0 fully saturated rings. The first-order valence-corrected chi connectivity index (χ1v) is 6.23. The Hall–Kier alpha value is -2.67. The van der Waals surface area contributed by atoms with Gasteiger partial charge in [0.2, 0.25) is 0 Å². The number of hydrogen-bond acceptors (Lipinski definition) is 4. The molecule has 1 aromatic carbocycles. The van der Waals surface area contributed by atoms with Crippen LogP contribution < -0.4 is 4.74 Å². The first-order valence-electron chi connectivity index (χ1n) is 6.23. The lowest BCUT2D eigenvalue weighted by molar-refractivity contribution is -0.116. The lowest BCUT2D eigenvalue weighted by Crippen LogP contribution is -1.98. The van der Waals surface area contributed by atoms with Crippen molar-refractivity contribution in [3.05, 3.63) is 59.4 Å². The highest BCUT2D eigenvalue weighted by Gasteiger charge is 2.00. The number of pyridine rings is 1. The van der Waals surface area contributed by atoms with Gasteiger partial charge in [-0.3, -0.25) is 4.79 Å². The monoisotopic (exact) mass is 266 g/mol. The summed E-state index contributed by atoms with van der Waals surface area (Å²) in [7, 11) is 0. The summed E-state index contributed by atoms with van der Waals surface area (Å²) in [6.07, 6.45) is 2.03. The van der Waals surface area contributed by atoms with Crippen LogP contribution in [0.3, 0.4) is 0 Å². The second-order valence-corrected chi connectivity index (χ2v) is 4.47. The van der Waals surface area contributed by atoms with Gasteiger partial charge in [0.05, 0.1) is 0 Å². The molecule has 2 aromatic rings. The van der Waals surface area contributed by atoms with Gasteiger partial charge in [0.15, 0.2) is 0 Å². The summed E-state index contributed by atoms with van der Waals surface area (Å²) in [5.41, 5.74) is 2.24. The van der Waals surface area contributed by atoms with Crippen molar-refractivity contribution in [3.63, 3.8) is 0 Å². The van der Waals surface area contributed by atoms with Crippen LogP contribution >= 0.6 is 0 Å². The maximum absolute atomic E-state index is 11.0. The molecule has 1 heterocycles. The maximum atomic E-state index is 11.0. The smallest absolute Gasteiger partial charge is 0.140 e. The summed E-state index contributed by atoms with van der Waals surface area (Å²) >= 11 is 0. The number of ketones is 1. The minimum absolute atomic E-state index is 0.138. The first-order chi connectivity index (χ1) is 9.67. The summed E-state index contributed by atoms with van der Waals surface area (Å²) in [6, 6.07) is 12.9. The quantitative estimate of drug-likeness (QED) is 0.834. The van der Waals surface area contributed by atoms with Crippen molar-refractivity contribution in [2.75, 3.05) is 0 Å². The highest BCUT2D eigenvalue weighted by molar-refractivity contribution is 5.78. The van der Waals surface area contributed by atoms with Crippen LogP contribution in [0.1, 0.15) is 23.7 Å². The maximum Gasteiger partial charge on any atom is 0.140 e. The van der Waals surface area contributed by atoms with Crippen molar-refractivity contribution in [1.82, 2.24) is 4.98 Å². The van der Waals surface area contributed by atoms with E-state index < -0.39 is 0 Å². The molecule has 4 heteroatoms. The van der Waals surface area contributed by atoms with Gasteiger partial charge in [-0.05, 0) is 42.3 Å². The lowest BCUT2D eigenvalue weighted by Gasteiger charge is -2.07. The third-order valence-corrected chi connectivity index (χ3v) is 2.72. The molecule has 1 aromatic heterocycles. The van der Waals surface area contributed by atoms with E-state index in [0.29, 0.717) is 18.7 Å². The van der Waals surface area contributed by atoms with Gasteiger partial charge in [-0.25, -0.2) is 4.98 Å². The van der Waals surface area contributed by atoms with Gasteiger partial charge in [0.25, 0.3) is 0 Å². The van der Waals surface area contributed by atoms with Gasteiger partial charge in [-0.1, -0.05) is 12.1 Å². The summed E-state index contributed by atoms with van der Waals surface area (Å²) in [6.45, 7) is 1.95. The van der Waals surface area contributed by atoms with Crippen LogP contribution in [-0.2, 0) is 17.8 Å². The fraction of sp³-hybridized carbons (Fsp3) is 0.188. The summed E-state index contributed by atoms with van der Waals surface area (Å²) in [4.78, 5) is 14.9. The van der Waals surface area contributed by atoms with E-state index in [4.69, 9.17) is 10.00 Å². The second-order valence-electron chi connectivity index (χ2n) is 4.47. The van der Waals surface area contributed by atoms with Gasteiger partial charge < -0.3 is 4.74 Å². The van der Waals surface area contributed by atoms with Crippen LogP contribution in [0.25, 0.3) is 0 Å². The molecule has 4 nitrogen and oxygen atoms in total. The molecule has 0 bridgehead atoms. The zero-order valence-corrected chi connectivity index (χ0v) is 11.2. The molecule has 0 radical (unpaired) electrons. The fourth-order valence-electron chi connectivity index (χ4n) is 1.78. The Morgan fingerprint density at radius 2 is 2.00 bits per heavy atom. The predicted molar refractivity (Wildman–Crippen MR) is 74.1 cm³/mol. The molecule has 20 heavy (non-hydrogen) atoms. The Morgan fingerprint density at radius 1 is 1.25 bits per heavy atom. The van der Waals surface area contributed by atoms with E-state index in [1.165, 1.54) is 0 Å². The Labute approximate surface area is 117 Å². The molecule has 0 saturated heterocycles. The van der Waals surface area contributed by atoms with Crippen molar-refractivity contribution >= 4 is 5.78 Å². The Bertz CT molecular complexity index is 642. The van der Waals surface area contributed by atoms with Crippen LogP contribution in [0.15, 0.2) is 42.6 Å². The predicted octanol–water partition coefficient (Wildman–Crippen LogP) is 2.66. The van der Waals surface area contributed by atoms with Crippen molar-refractivity contribution in [1.29, 1.82) is 5.26 Å². The zero-order valence-electron chi connectivity index (χ0n) is 11.2. The normalized spacial score (nSPS) is 9.80. The van der Waals surface area contributed by atoms with E-state index in [9.17, 15) is 4.79 Å². The van der Waals surface area contributed by atoms with Crippen LogP contribution in [0.5, 0.6) is 5.75 Å². The molecular weight excluding hydrogens is 252 g/mol. The molecule has 0 aliphatic carbocycles. The minimum atomic E-state index is 0.138. The molecule has 0 amide bonds. The number of carbonyl (C=O) groups excluding carboxylic acids is 1. The molecule has 0 unspecified atom stereocenters. The Morgan fingerprint density at radius 3 is 2.65 bits per heavy atom. The van der Waals surface area contributed by atoms with Crippen LogP contribution in [0, 0.1) is 11.3 Å². The molecule has 100 valence electrons. The van der Waals surface area contributed by atoms with Crippen LogP contribution in [0.4, 0.5) is 0 Å². The molecule has 0 N–H and O–H groups in total. The number of benzene rings is 1. The molecule has 0 spiro atoms. The number of nitriles is 1. The lowest BCUT2D eigenvalue weighted by atomic mass is 10.1. The third-order valence-electron chi connectivity index (χ3n) is 2.72. The van der Waals surface area contributed by atoms with Crippen molar-refractivity contribution in [2.24, 2.45) is 0 Å². The fourth-order valence-corrected chi connectivity index (χ4v) is 1.78. The average Bonchev–Trinajstić information content (AvgIpc) is 2.46. The number of aromatic nitrogens is 1. The van der Waals surface area contributed by atoms with Crippen LogP contribution in [0.2, 0.25) is 0 Å². The number of rotatable bonds is 5. The number of hydrogen-bond donors (Lipinski definition) is 0. The Balaban J connectivity index is 1.97. The topological polar surface area (TPSA) is 63.0 Å². The highest BCUT2D eigenvalue weighted by atomic mass is 16.5. The van der Waals surface area contributed by atoms with E-state index in [2.05, 4.69) is 4.98 Å². The van der Waals surface area contributed by atoms with E-state index in [0.717, 1.165) is 16.9 Å². The zero-order chi connectivity index (χ0) is 14.4. The molecule has 0 saturated carbocycles. The standard InChI is InChI=1S/C16H14N2O2/c1-12(19)8-13-2-4-16(5-3-13)20-11-14-6-7-18-15(9-14)10-17/h2-7,9H,8,11H2,1H3. The number of ether oxygens (including phenoxy) is 1. The van der Waals surface area contributed by atoms with Crippen molar-refractivity contribution in [3.8, 4) is 11.8 Å². The molecule has 0 aliphatic rings. The van der Waals surface area contributed by atoms with E-state index >= 15 is 0 Å². The van der Waals surface area contributed by atoms with Gasteiger partial charge >= 0.3 is 0 Å². The summed E-state index contributed by atoms with van der Waals surface area (Å²) < 4.78 is 5.63. The second kappa shape index (κ2) is 6.48. The Kier molecular flexibility index (Phi) is 4.46. The summed E-state index contributed by atoms with van der Waals surface area (Å²) in [5.74, 6) is 0.868. The number of carbonyl (C=O) groups is 1. The minimum Gasteiger partial charge on any atom is -0.489 e. The largest absolute Gasteiger partial charge is 0.489 e. The highest BCUT2D eigenvalue weighted by Crippen LogP contribution is 2.15. The van der Waals surface area contributed by atoms with Gasteiger partial charge in [-0.15, -0.1) is 0 Å². The van der Waals surface area contributed by atoms with Crippen molar-refractivity contribution in [2.45, 2.75) is 20.0 Å². The average molecular weight is 266 g/mol. The van der Waals surface area contributed by atoms with Gasteiger partial charge in [0.1, 0.15) is 29.9 Å². The van der Waals surface area contributed by atoms with E-state index in [1.54, 1.807) is 19.2 Å². The number of Topliss-reactive ketones (excluding diaryl/α,β-unsaturated/α-hetero) is 1. The third kappa shape index (κ3) is 3.92. The SMILES string of the molecule is CC(=O)Cc1ccc(OCc2ccnc(C#N)c2)cc1.